The van der Waals surface area contributed by atoms with Crippen LogP contribution >= 0.6 is 0 Å². The Hall–Kier alpha value is -2.63. The molecular formula is C14H14N4O2. The highest BCUT2D eigenvalue weighted by atomic mass is 16.3. The third kappa shape index (κ3) is 2.16. The molecule has 0 aliphatic rings. The Morgan fingerprint density at radius 3 is 3.05 bits per heavy atom. The van der Waals surface area contributed by atoms with Crippen molar-refractivity contribution in [1.82, 2.24) is 19.9 Å². The molecule has 102 valence electrons. The number of hydrogen-bond donors (Lipinski definition) is 1. The van der Waals surface area contributed by atoms with Crippen LogP contribution in [-0.4, -0.2) is 20.5 Å². The van der Waals surface area contributed by atoms with E-state index in [1.807, 2.05) is 13.1 Å². The summed E-state index contributed by atoms with van der Waals surface area (Å²) in [4.78, 5) is 16.3. The number of nitrogens with zero attached hydrogens (tertiary/aromatic N) is 3. The third-order valence-electron chi connectivity index (χ3n) is 3.08. The molecule has 1 amide bonds. The Morgan fingerprint density at radius 2 is 2.30 bits per heavy atom. The predicted octanol–water partition coefficient (Wildman–Crippen LogP) is 1.87. The van der Waals surface area contributed by atoms with E-state index in [2.05, 4.69) is 15.4 Å². The summed E-state index contributed by atoms with van der Waals surface area (Å²) in [6.07, 6.45) is 5.22. The number of nitrogens with one attached hydrogen (secondary N) is 1. The second-order valence-electron chi connectivity index (χ2n) is 4.57. The first kappa shape index (κ1) is 12.4. The third-order valence-corrected chi connectivity index (χ3v) is 3.08. The quantitative estimate of drug-likeness (QED) is 0.788. The number of carbonyl (C=O) groups is 1. The molecule has 3 aromatic rings. The molecule has 0 bridgehead atoms. The minimum Gasteiger partial charge on any atom is -0.466 e. The molecule has 0 aromatic carbocycles. The summed E-state index contributed by atoms with van der Waals surface area (Å²) in [6, 6.07) is 3.54. The summed E-state index contributed by atoms with van der Waals surface area (Å²) < 4.78 is 7.03. The van der Waals surface area contributed by atoms with E-state index in [1.165, 1.54) is 0 Å². The van der Waals surface area contributed by atoms with Crippen LogP contribution in [0.2, 0.25) is 0 Å². The van der Waals surface area contributed by atoms with Gasteiger partial charge in [-0.25, -0.2) is 9.50 Å². The Kier molecular flexibility index (Phi) is 2.98. The number of aromatic nitrogens is 3. The second-order valence-corrected chi connectivity index (χ2v) is 4.57. The molecule has 6 nitrogen and oxygen atoms in total. The van der Waals surface area contributed by atoms with Crippen LogP contribution in [-0.2, 0) is 6.54 Å². The molecule has 0 atom stereocenters. The number of rotatable bonds is 3. The average molecular weight is 270 g/mol. The lowest BCUT2D eigenvalue weighted by atomic mass is 10.2. The van der Waals surface area contributed by atoms with Crippen molar-refractivity contribution in [3.8, 4) is 0 Å². The van der Waals surface area contributed by atoms with Gasteiger partial charge in [-0.2, -0.15) is 5.10 Å². The molecule has 0 aliphatic carbocycles. The van der Waals surface area contributed by atoms with Crippen molar-refractivity contribution in [2.75, 3.05) is 0 Å². The molecule has 1 N–H and O–H groups in total. The largest absolute Gasteiger partial charge is 0.466 e. The molecule has 0 spiro atoms. The SMILES string of the molecule is Cc1cc(C(=O)NCc2cnn3cccnc23)c(C)o1. The Balaban J connectivity index is 1.76. The molecule has 0 fully saturated rings. The van der Waals surface area contributed by atoms with Gasteiger partial charge in [0.15, 0.2) is 5.65 Å². The fraction of sp³-hybridized carbons (Fsp3) is 0.214. The Morgan fingerprint density at radius 1 is 1.45 bits per heavy atom. The summed E-state index contributed by atoms with van der Waals surface area (Å²) in [5.74, 6) is 1.19. The standard InChI is InChI=1S/C14H14N4O2/c1-9-6-12(10(2)20-9)14(19)16-7-11-8-17-18-5-3-4-15-13(11)18/h3-6,8H,7H2,1-2H3,(H,16,19). The van der Waals surface area contributed by atoms with Gasteiger partial charge in [0.25, 0.3) is 5.91 Å². The first-order chi connectivity index (χ1) is 9.65. The van der Waals surface area contributed by atoms with Crippen molar-refractivity contribution in [2.45, 2.75) is 20.4 Å². The van der Waals surface area contributed by atoms with Gasteiger partial charge < -0.3 is 9.73 Å². The van der Waals surface area contributed by atoms with Gasteiger partial charge in [0, 0.05) is 24.5 Å². The molecule has 6 heteroatoms. The first-order valence-electron chi connectivity index (χ1n) is 6.27. The summed E-state index contributed by atoms with van der Waals surface area (Å²) in [5, 5.41) is 7.03. The van der Waals surface area contributed by atoms with E-state index in [9.17, 15) is 4.79 Å². The van der Waals surface area contributed by atoms with Gasteiger partial charge in [0.05, 0.1) is 11.8 Å². The zero-order valence-electron chi connectivity index (χ0n) is 11.3. The predicted molar refractivity (Wildman–Crippen MR) is 72.3 cm³/mol. The fourth-order valence-corrected chi connectivity index (χ4v) is 2.13. The highest BCUT2D eigenvalue weighted by Gasteiger charge is 2.14. The Bertz CT molecular complexity index is 772. The van der Waals surface area contributed by atoms with Crippen molar-refractivity contribution in [3.63, 3.8) is 0 Å². The molecule has 3 rings (SSSR count). The number of furan rings is 1. The summed E-state index contributed by atoms with van der Waals surface area (Å²) in [7, 11) is 0. The van der Waals surface area contributed by atoms with Gasteiger partial charge in [-0.3, -0.25) is 4.79 Å². The smallest absolute Gasteiger partial charge is 0.255 e. The molecule has 3 aromatic heterocycles. The molecule has 0 saturated heterocycles. The topological polar surface area (TPSA) is 72.4 Å². The maximum atomic E-state index is 12.1. The summed E-state index contributed by atoms with van der Waals surface area (Å²) >= 11 is 0. The normalized spacial score (nSPS) is 10.9. The molecule has 0 unspecified atom stereocenters. The van der Waals surface area contributed by atoms with Gasteiger partial charge in [-0.1, -0.05) is 0 Å². The van der Waals surface area contributed by atoms with Gasteiger partial charge in [-0.15, -0.1) is 0 Å². The highest BCUT2D eigenvalue weighted by Crippen LogP contribution is 2.14. The number of carbonyl (C=O) groups excluding carboxylic acids is 1. The zero-order chi connectivity index (χ0) is 14.1. The lowest BCUT2D eigenvalue weighted by Gasteiger charge is -2.02. The van der Waals surface area contributed by atoms with Crippen molar-refractivity contribution in [1.29, 1.82) is 0 Å². The second kappa shape index (κ2) is 4.80. The van der Waals surface area contributed by atoms with Crippen LogP contribution in [0, 0.1) is 13.8 Å². The van der Waals surface area contributed by atoms with Crippen molar-refractivity contribution >= 4 is 11.6 Å². The van der Waals surface area contributed by atoms with Gasteiger partial charge >= 0.3 is 0 Å². The van der Waals surface area contributed by atoms with E-state index < -0.39 is 0 Å². The highest BCUT2D eigenvalue weighted by molar-refractivity contribution is 5.95. The maximum absolute atomic E-state index is 12.1. The Labute approximate surface area is 115 Å². The van der Waals surface area contributed by atoms with E-state index in [0.29, 0.717) is 17.9 Å². The van der Waals surface area contributed by atoms with Gasteiger partial charge in [0.1, 0.15) is 11.5 Å². The van der Waals surface area contributed by atoms with E-state index in [4.69, 9.17) is 4.42 Å². The van der Waals surface area contributed by atoms with Crippen LogP contribution in [0.15, 0.2) is 35.1 Å². The van der Waals surface area contributed by atoms with E-state index in [-0.39, 0.29) is 5.91 Å². The summed E-state index contributed by atoms with van der Waals surface area (Å²) in [5.41, 5.74) is 2.18. The fourth-order valence-electron chi connectivity index (χ4n) is 2.13. The van der Waals surface area contributed by atoms with E-state index in [0.717, 1.165) is 17.0 Å². The van der Waals surface area contributed by atoms with E-state index >= 15 is 0 Å². The monoisotopic (exact) mass is 270 g/mol. The van der Waals surface area contributed by atoms with Crippen molar-refractivity contribution in [3.05, 3.63) is 53.4 Å². The van der Waals surface area contributed by atoms with Crippen molar-refractivity contribution in [2.24, 2.45) is 0 Å². The number of hydrogen-bond acceptors (Lipinski definition) is 4. The molecular weight excluding hydrogens is 256 g/mol. The van der Waals surface area contributed by atoms with Gasteiger partial charge in [0.2, 0.25) is 0 Å². The van der Waals surface area contributed by atoms with Crippen LogP contribution in [0.25, 0.3) is 5.65 Å². The molecule has 0 radical (unpaired) electrons. The minimum atomic E-state index is -0.158. The van der Waals surface area contributed by atoms with Crippen LogP contribution in [0.5, 0.6) is 0 Å². The average Bonchev–Trinajstić information content (AvgIpc) is 2.99. The van der Waals surface area contributed by atoms with Crippen LogP contribution in [0.4, 0.5) is 0 Å². The van der Waals surface area contributed by atoms with Crippen LogP contribution in [0.3, 0.4) is 0 Å². The number of aryl methyl sites for hydroxylation is 2. The molecule has 3 heterocycles. The van der Waals surface area contributed by atoms with Gasteiger partial charge in [-0.05, 0) is 26.0 Å². The first-order valence-corrected chi connectivity index (χ1v) is 6.27. The molecule has 0 aliphatic heterocycles. The number of fused-ring (bicyclic) bond motifs is 1. The van der Waals surface area contributed by atoms with Crippen LogP contribution in [0.1, 0.15) is 27.4 Å². The lowest BCUT2D eigenvalue weighted by Crippen LogP contribution is -2.23. The molecule has 20 heavy (non-hydrogen) atoms. The lowest BCUT2D eigenvalue weighted by molar-refractivity contribution is 0.0949. The van der Waals surface area contributed by atoms with Crippen molar-refractivity contribution < 1.29 is 9.21 Å². The van der Waals surface area contributed by atoms with E-state index in [1.54, 1.807) is 36.0 Å². The van der Waals surface area contributed by atoms with Crippen LogP contribution < -0.4 is 5.32 Å². The number of amides is 1. The minimum absolute atomic E-state index is 0.158. The maximum Gasteiger partial charge on any atom is 0.255 e. The zero-order valence-corrected chi connectivity index (χ0v) is 11.3. The summed E-state index contributed by atoms with van der Waals surface area (Å²) in [6.45, 7) is 3.97. The molecule has 0 saturated carbocycles.